The molecule has 5 nitrogen and oxygen atoms in total. The zero-order valence-corrected chi connectivity index (χ0v) is 39.2. The second kappa shape index (κ2) is 16.0. The Labute approximate surface area is 418 Å². The van der Waals surface area contributed by atoms with Gasteiger partial charge in [0.1, 0.15) is 0 Å². The summed E-state index contributed by atoms with van der Waals surface area (Å²) in [6.45, 7) is -0.00168. The highest BCUT2D eigenvalue weighted by Gasteiger charge is 2.42. The molecule has 0 bridgehead atoms. The van der Waals surface area contributed by atoms with Gasteiger partial charge in [-0.25, -0.2) is 0 Å². The van der Waals surface area contributed by atoms with Crippen LogP contribution in [-0.2, 0) is 0 Å². The van der Waals surface area contributed by atoms with E-state index in [4.69, 9.17) is 0 Å². The van der Waals surface area contributed by atoms with Crippen LogP contribution in [0, 0.1) is 0 Å². The van der Waals surface area contributed by atoms with E-state index in [-0.39, 0.29) is 6.71 Å². The van der Waals surface area contributed by atoms with Crippen molar-refractivity contribution in [3.8, 4) is 11.4 Å². The number of hydrogen-bond donors (Lipinski definition) is 0. The minimum absolute atomic E-state index is 0.00168. The molecule has 2 aromatic heterocycles. The highest BCUT2D eigenvalue weighted by Crippen LogP contribution is 2.47. The van der Waals surface area contributed by atoms with E-state index < -0.39 is 0 Å². The Hall–Kier alpha value is -9.52. The van der Waals surface area contributed by atoms with Gasteiger partial charge in [-0.3, -0.25) is 0 Å². The molecule has 0 amide bonds. The first-order valence-corrected chi connectivity index (χ1v) is 24.8. The Morgan fingerprint density at radius 3 is 1.06 bits per heavy atom. The number of rotatable bonds is 9. The summed E-state index contributed by atoms with van der Waals surface area (Å²) < 4.78 is 5.14. The van der Waals surface area contributed by atoms with Crippen molar-refractivity contribution in [2.75, 3.05) is 14.7 Å². The first-order chi connectivity index (χ1) is 35.8. The molecule has 0 N–H and O–H groups in total. The summed E-state index contributed by atoms with van der Waals surface area (Å²) in [6, 6.07) is 97.5. The molecule has 6 heteroatoms. The number of fused-ring (bicyclic) bond motifs is 10. The van der Waals surface area contributed by atoms with Crippen molar-refractivity contribution in [3.63, 3.8) is 0 Å². The maximum atomic E-state index is 2.59. The average Bonchev–Trinajstić information content (AvgIpc) is 3.97. The number of benzene rings is 11. The zero-order valence-electron chi connectivity index (χ0n) is 39.2. The van der Waals surface area contributed by atoms with Crippen molar-refractivity contribution < 1.29 is 0 Å². The Bertz CT molecular complexity index is 4000. The van der Waals surface area contributed by atoms with Gasteiger partial charge >= 0.3 is 0 Å². The fraction of sp³-hybridized carbons (Fsp3) is 0. The zero-order chi connectivity index (χ0) is 47.3. The van der Waals surface area contributed by atoms with Gasteiger partial charge in [-0.15, -0.1) is 0 Å². The predicted octanol–water partition coefficient (Wildman–Crippen LogP) is 15.4. The van der Waals surface area contributed by atoms with E-state index in [1.807, 2.05) is 0 Å². The SMILES string of the molecule is c1ccc(N(c2ccccc2)c2ccc(N(c3ccc(N(c4ccccc4)c4ccccc4)cc3)c3ccc4c5c3-n3c6ccccc6c6cccc(c63)B5c3cccc5c6ccccc6n-4c35)cc2)cc1. The standard InChI is InChI=1S/C66H44BN5/c1-5-19-45(20-6-1)68(46-21-7-2-8-22-46)49-35-39-51(40-36-49)70(52-41-37-50(38-42-52)69(47-23-9-3-10-24-47)48-25-11-4-12-26-48)62-44-43-61-63-66(62)72-60-34-16-14-28-54(60)56-30-18-32-58(65(56)72)67(63)57-31-17-29-55-53-27-13-15-33-59(53)71(61)64(55)57/h1-44H. The van der Waals surface area contributed by atoms with Crippen LogP contribution >= 0.6 is 0 Å². The molecule has 11 aromatic carbocycles. The van der Waals surface area contributed by atoms with Gasteiger partial charge in [0.05, 0.1) is 22.4 Å². The molecule has 0 aliphatic carbocycles. The number of anilines is 9. The van der Waals surface area contributed by atoms with Gasteiger partial charge in [0.25, 0.3) is 6.71 Å². The van der Waals surface area contributed by atoms with Crippen LogP contribution < -0.4 is 31.1 Å². The topological polar surface area (TPSA) is 19.6 Å². The van der Waals surface area contributed by atoms with E-state index in [2.05, 4.69) is 291 Å². The maximum absolute atomic E-state index is 2.59. The number of nitrogens with zero attached hydrogens (tertiary/aromatic N) is 5. The molecule has 2 aliphatic heterocycles. The number of hydrogen-bond acceptors (Lipinski definition) is 3. The molecule has 13 aromatic rings. The molecular weight excluding hydrogens is 874 g/mol. The largest absolute Gasteiger partial charge is 0.311 e. The maximum Gasteiger partial charge on any atom is 0.252 e. The van der Waals surface area contributed by atoms with Crippen molar-refractivity contribution in [3.05, 3.63) is 267 Å². The third-order valence-electron chi connectivity index (χ3n) is 15.0. The monoisotopic (exact) mass is 917 g/mol. The molecule has 0 fully saturated rings. The molecule has 2 aliphatic rings. The quantitative estimate of drug-likeness (QED) is 0.135. The first kappa shape index (κ1) is 40.4. The Morgan fingerprint density at radius 2 is 0.611 bits per heavy atom. The normalized spacial score (nSPS) is 12.1. The van der Waals surface area contributed by atoms with Crippen LogP contribution in [0.15, 0.2) is 267 Å². The summed E-state index contributed by atoms with van der Waals surface area (Å²) in [6.07, 6.45) is 0. The lowest BCUT2D eigenvalue weighted by Gasteiger charge is -2.37. The van der Waals surface area contributed by atoms with Crippen LogP contribution in [-0.4, -0.2) is 15.8 Å². The van der Waals surface area contributed by atoms with Crippen LogP contribution in [0.1, 0.15) is 0 Å². The van der Waals surface area contributed by atoms with Gasteiger partial charge < -0.3 is 23.8 Å². The fourth-order valence-electron chi connectivity index (χ4n) is 12.1. The summed E-state index contributed by atoms with van der Waals surface area (Å²) in [7, 11) is 0. The second-order valence-electron chi connectivity index (χ2n) is 18.9. The van der Waals surface area contributed by atoms with Crippen LogP contribution in [0.4, 0.5) is 51.2 Å². The summed E-state index contributed by atoms with van der Waals surface area (Å²) >= 11 is 0. The van der Waals surface area contributed by atoms with Gasteiger partial charge in [-0.1, -0.05) is 146 Å². The summed E-state index contributed by atoms with van der Waals surface area (Å²) in [5.74, 6) is 0. The fourth-order valence-corrected chi connectivity index (χ4v) is 12.1. The molecule has 0 radical (unpaired) electrons. The van der Waals surface area contributed by atoms with Crippen LogP contribution in [0.3, 0.4) is 0 Å². The van der Waals surface area contributed by atoms with E-state index in [0.717, 1.165) is 51.2 Å². The second-order valence-corrected chi connectivity index (χ2v) is 18.9. The van der Waals surface area contributed by atoms with E-state index in [9.17, 15) is 0 Å². The predicted molar refractivity (Wildman–Crippen MR) is 304 cm³/mol. The van der Waals surface area contributed by atoms with E-state index >= 15 is 0 Å². The first-order valence-electron chi connectivity index (χ1n) is 24.8. The van der Waals surface area contributed by atoms with E-state index in [0.29, 0.717) is 0 Å². The molecular formula is C66H44BN5. The Morgan fingerprint density at radius 1 is 0.264 bits per heavy atom. The molecule has 0 atom stereocenters. The summed E-state index contributed by atoms with van der Waals surface area (Å²) in [4.78, 5) is 7.15. The highest BCUT2D eigenvalue weighted by atomic mass is 15.2. The third kappa shape index (κ3) is 5.96. The van der Waals surface area contributed by atoms with Gasteiger partial charge in [0, 0.05) is 83.8 Å². The minimum Gasteiger partial charge on any atom is -0.311 e. The van der Waals surface area contributed by atoms with Crippen molar-refractivity contribution in [1.29, 1.82) is 0 Å². The van der Waals surface area contributed by atoms with Crippen LogP contribution in [0.25, 0.3) is 55.0 Å². The molecule has 336 valence electrons. The lowest BCUT2D eigenvalue weighted by Crippen LogP contribution is -2.59. The van der Waals surface area contributed by atoms with Crippen molar-refractivity contribution in [2.24, 2.45) is 0 Å². The molecule has 4 heterocycles. The van der Waals surface area contributed by atoms with Gasteiger partial charge in [0.2, 0.25) is 0 Å². The minimum atomic E-state index is -0.00168. The van der Waals surface area contributed by atoms with E-state index in [1.165, 1.54) is 71.4 Å². The molecule has 0 unspecified atom stereocenters. The van der Waals surface area contributed by atoms with Crippen molar-refractivity contribution in [2.45, 2.75) is 0 Å². The van der Waals surface area contributed by atoms with Gasteiger partial charge in [-0.05, 0) is 138 Å². The lowest BCUT2D eigenvalue weighted by molar-refractivity contribution is 1.12. The molecule has 15 rings (SSSR count). The molecule has 0 spiro atoms. The van der Waals surface area contributed by atoms with E-state index in [1.54, 1.807) is 0 Å². The smallest absolute Gasteiger partial charge is 0.252 e. The number of para-hydroxylation sites is 8. The summed E-state index contributed by atoms with van der Waals surface area (Å²) in [5, 5.41) is 5.09. The summed E-state index contributed by atoms with van der Waals surface area (Å²) in [5.41, 5.74) is 21.2. The van der Waals surface area contributed by atoms with Crippen LogP contribution in [0.2, 0.25) is 0 Å². The highest BCUT2D eigenvalue weighted by molar-refractivity contribution is 7.00. The number of aromatic nitrogens is 2. The van der Waals surface area contributed by atoms with Gasteiger partial charge in [0.15, 0.2) is 0 Å². The molecule has 72 heavy (non-hydrogen) atoms. The Kier molecular flexibility index (Phi) is 8.99. The molecule has 0 saturated heterocycles. The lowest BCUT2D eigenvalue weighted by atomic mass is 9.34. The van der Waals surface area contributed by atoms with Crippen molar-refractivity contribution in [1.82, 2.24) is 9.13 Å². The van der Waals surface area contributed by atoms with Gasteiger partial charge in [-0.2, -0.15) is 0 Å². The molecule has 0 saturated carbocycles. The van der Waals surface area contributed by atoms with Crippen LogP contribution in [0.5, 0.6) is 0 Å². The van der Waals surface area contributed by atoms with Crippen molar-refractivity contribution >= 4 is 118 Å². The third-order valence-corrected chi connectivity index (χ3v) is 15.0. The average molecular weight is 918 g/mol. The Balaban J connectivity index is 1.00.